The van der Waals surface area contributed by atoms with Crippen molar-refractivity contribution in [3.8, 4) is 0 Å². The molecule has 6 nitrogen and oxygen atoms in total. The number of hydrogen-bond acceptors (Lipinski definition) is 3. The number of rotatable bonds is 5. The summed E-state index contributed by atoms with van der Waals surface area (Å²) < 4.78 is 0.486. The molecule has 0 aromatic heterocycles. The fourth-order valence-electron chi connectivity index (χ4n) is 1.38. The Balaban J connectivity index is 2.73. The first-order chi connectivity index (χ1) is 8.91. The minimum absolute atomic E-state index is 0.00209. The fourth-order valence-corrected chi connectivity index (χ4v) is 1.85. The maximum Gasteiger partial charge on any atom is 0.337 e. The van der Waals surface area contributed by atoms with E-state index in [2.05, 4.69) is 26.6 Å². The lowest BCUT2D eigenvalue weighted by molar-refractivity contribution is -0.119. The molecule has 0 aliphatic heterocycles. The van der Waals surface area contributed by atoms with Gasteiger partial charge in [0.05, 0.1) is 11.3 Å². The smallest absolute Gasteiger partial charge is 0.337 e. The van der Waals surface area contributed by atoms with Gasteiger partial charge < -0.3 is 15.7 Å². The van der Waals surface area contributed by atoms with Gasteiger partial charge in [-0.15, -0.1) is 0 Å². The van der Waals surface area contributed by atoms with Crippen molar-refractivity contribution in [2.75, 3.05) is 11.9 Å². The topological polar surface area (TPSA) is 95.5 Å². The summed E-state index contributed by atoms with van der Waals surface area (Å²) >= 11 is 3.19. The van der Waals surface area contributed by atoms with Crippen molar-refractivity contribution >= 4 is 39.4 Å². The fraction of sp³-hybridized carbons (Fsp3) is 0.250. The highest BCUT2D eigenvalue weighted by atomic mass is 79.9. The Hall–Kier alpha value is -1.89. The first-order valence-corrected chi connectivity index (χ1v) is 6.27. The Bertz CT molecular complexity index is 516. The normalized spacial score (nSPS) is 9.79. The number of para-hydroxylation sites is 1. The number of halogens is 1. The molecule has 0 heterocycles. The molecule has 0 fully saturated rings. The quantitative estimate of drug-likeness (QED) is 0.765. The van der Waals surface area contributed by atoms with Gasteiger partial charge in [0.2, 0.25) is 11.8 Å². The molecule has 0 bridgehead atoms. The molecule has 0 radical (unpaired) electrons. The molecule has 7 heteroatoms. The van der Waals surface area contributed by atoms with E-state index >= 15 is 0 Å². The Morgan fingerprint density at radius 3 is 2.58 bits per heavy atom. The Morgan fingerprint density at radius 1 is 1.32 bits per heavy atom. The molecule has 1 aromatic rings. The van der Waals surface area contributed by atoms with Crippen molar-refractivity contribution in [1.29, 1.82) is 0 Å². The number of nitrogens with one attached hydrogen (secondary N) is 2. The third-order valence-corrected chi connectivity index (χ3v) is 2.90. The van der Waals surface area contributed by atoms with Gasteiger partial charge in [-0.05, 0) is 28.1 Å². The van der Waals surface area contributed by atoms with E-state index < -0.39 is 5.97 Å². The summed E-state index contributed by atoms with van der Waals surface area (Å²) in [7, 11) is 0. The summed E-state index contributed by atoms with van der Waals surface area (Å²) in [6, 6.07) is 4.60. The first kappa shape index (κ1) is 15.2. The molecule has 19 heavy (non-hydrogen) atoms. The molecule has 1 rings (SSSR count). The average Bonchev–Trinajstić information content (AvgIpc) is 2.30. The third-order valence-electron chi connectivity index (χ3n) is 2.23. The van der Waals surface area contributed by atoms with E-state index in [-0.39, 0.29) is 36.0 Å². The molecule has 0 atom stereocenters. The Kier molecular flexibility index (Phi) is 5.50. The number of benzene rings is 1. The van der Waals surface area contributed by atoms with Gasteiger partial charge in [-0.25, -0.2) is 4.79 Å². The van der Waals surface area contributed by atoms with Crippen LogP contribution in [0.15, 0.2) is 22.7 Å². The van der Waals surface area contributed by atoms with E-state index in [1.165, 1.54) is 13.0 Å². The Morgan fingerprint density at radius 2 is 2.00 bits per heavy atom. The summed E-state index contributed by atoms with van der Waals surface area (Å²) in [6.07, 6.45) is 0.0694. The van der Waals surface area contributed by atoms with Crippen LogP contribution in [0.2, 0.25) is 0 Å². The first-order valence-electron chi connectivity index (χ1n) is 5.48. The highest BCUT2D eigenvalue weighted by Crippen LogP contribution is 2.26. The zero-order valence-electron chi connectivity index (χ0n) is 10.2. The molecule has 1 aromatic carbocycles. The standard InChI is InChI=1S/C12H13BrN2O4/c1-7(16)14-6-5-10(17)15-11-8(12(18)19)3-2-4-9(11)13/h2-4H,5-6H2,1H3,(H,14,16)(H,15,17)(H,18,19). The van der Waals surface area contributed by atoms with E-state index in [0.29, 0.717) is 4.47 Å². The SMILES string of the molecule is CC(=O)NCCC(=O)Nc1c(Br)cccc1C(=O)O. The molecule has 0 unspecified atom stereocenters. The second-order valence-corrected chi connectivity index (χ2v) is 4.60. The van der Waals surface area contributed by atoms with Gasteiger partial charge in [-0.3, -0.25) is 9.59 Å². The molecule has 0 spiro atoms. The third kappa shape index (κ3) is 4.70. The predicted molar refractivity (Wildman–Crippen MR) is 73.0 cm³/mol. The molecule has 102 valence electrons. The molecule has 0 aliphatic carbocycles. The highest BCUT2D eigenvalue weighted by Gasteiger charge is 2.14. The van der Waals surface area contributed by atoms with Crippen LogP contribution in [0.3, 0.4) is 0 Å². The number of aromatic carboxylic acids is 1. The predicted octanol–water partition coefficient (Wildman–Crippen LogP) is 1.61. The molecule has 2 amide bonds. The number of carboxylic acid groups (broad SMARTS) is 1. The number of carbonyl (C=O) groups is 3. The van der Waals surface area contributed by atoms with Gasteiger partial charge in [-0.1, -0.05) is 6.07 Å². The van der Waals surface area contributed by atoms with E-state index in [1.807, 2.05) is 0 Å². The largest absolute Gasteiger partial charge is 0.478 e. The summed E-state index contributed by atoms with van der Waals surface area (Å²) in [4.78, 5) is 33.3. The Labute approximate surface area is 118 Å². The monoisotopic (exact) mass is 328 g/mol. The van der Waals surface area contributed by atoms with Gasteiger partial charge >= 0.3 is 5.97 Å². The minimum Gasteiger partial charge on any atom is -0.478 e. The van der Waals surface area contributed by atoms with Crippen LogP contribution < -0.4 is 10.6 Å². The summed E-state index contributed by atoms with van der Waals surface area (Å²) in [6.45, 7) is 1.56. The van der Waals surface area contributed by atoms with Crippen LogP contribution in [0.25, 0.3) is 0 Å². The highest BCUT2D eigenvalue weighted by molar-refractivity contribution is 9.10. The molecule has 0 aliphatic rings. The maximum atomic E-state index is 11.6. The maximum absolute atomic E-state index is 11.6. The van der Waals surface area contributed by atoms with Gasteiger partial charge in [0.1, 0.15) is 0 Å². The van der Waals surface area contributed by atoms with Crippen molar-refractivity contribution in [1.82, 2.24) is 5.32 Å². The van der Waals surface area contributed by atoms with Crippen LogP contribution in [0.1, 0.15) is 23.7 Å². The van der Waals surface area contributed by atoms with E-state index in [9.17, 15) is 14.4 Å². The zero-order chi connectivity index (χ0) is 14.4. The number of hydrogen-bond donors (Lipinski definition) is 3. The summed E-state index contributed by atoms with van der Waals surface area (Å²) in [5, 5.41) is 14.0. The van der Waals surface area contributed by atoms with Gasteiger partial charge in [0.25, 0.3) is 0 Å². The lowest BCUT2D eigenvalue weighted by Gasteiger charge is -2.10. The van der Waals surface area contributed by atoms with Crippen molar-refractivity contribution < 1.29 is 19.5 Å². The van der Waals surface area contributed by atoms with Crippen LogP contribution in [-0.2, 0) is 9.59 Å². The van der Waals surface area contributed by atoms with Crippen LogP contribution in [-0.4, -0.2) is 29.4 Å². The van der Waals surface area contributed by atoms with E-state index in [0.717, 1.165) is 0 Å². The summed E-state index contributed by atoms with van der Waals surface area (Å²) in [5.74, 6) is -1.72. The average molecular weight is 329 g/mol. The number of carboxylic acids is 1. The number of carbonyl (C=O) groups excluding carboxylic acids is 2. The van der Waals surface area contributed by atoms with Crippen molar-refractivity contribution in [3.63, 3.8) is 0 Å². The van der Waals surface area contributed by atoms with E-state index in [4.69, 9.17) is 5.11 Å². The van der Waals surface area contributed by atoms with E-state index in [1.54, 1.807) is 12.1 Å². The lowest BCUT2D eigenvalue weighted by Crippen LogP contribution is -2.25. The van der Waals surface area contributed by atoms with Crippen molar-refractivity contribution in [2.45, 2.75) is 13.3 Å². The van der Waals surface area contributed by atoms with Crippen LogP contribution in [0.5, 0.6) is 0 Å². The molecular weight excluding hydrogens is 316 g/mol. The lowest BCUT2D eigenvalue weighted by atomic mass is 10.1. The molecule has 0 saturated heterocycles. The van der Waals surface area contributed by atoms with Crippen molar-refractivity contribution in [2.24, 2.45) is 0 Å². The van der Waals surface area contributed by atoms with Gasteiger partial charge in [0.15, 0.2) is 0 Å². The van der Waals surface area contributed by atoms with Crippen LogP contribution >= 0.6 is 15.9 Å². The second-order valence-electron chi connectivity index (χ2n) is 3.75. The van der Waals surface area contributed by atoms with Crippen LogP contribution in [0.4, 0.5) is 5.69 Å². The summed E-state index contributed by atoms with van der Waals surface area (Å²) in [5.41, 5.74) is 0.213. The van der Waals surface area contributed by atoms with Crippen molar-refractivity contribution in [3.05, 3.63) is 28.2 Å². The number of anilines is 1. The molecular formula is C12H13BrN2O4. The van der Waals surface area contributed by atoms with Crippen LogP contribution in [0, 0.1) is 0 Å². The molecule has 3 N–H and O–H groups in total. The minimum atomic E-state index is -1.13. The molecule has 0 saturated carbocycles. The van der Waals surface area contributed by atoms with Gasteiger partial charge in [0, 0.05) is 24.4 Å². The zero-order valence-corrected chi connectivity index (χ0v) is 11.8. The second kappa shape index (κ2) is 6.89. The number of amides is 2. The van der Waals surface area contributed by atoms with Gasteiger partial charge in [-0.2, -0.15) is 0 Å².